The van der Waals surface area contributed by atoms with Crippen molar-refractivity contribution in [1.82, 2.24) is 4.57 Å². The minimum atomic E-state index is -0.362. The number of thiophene rings is 1. The average Bonchev–Trinajstić information content (AvgIpc) is 2.97. The first-order valence-corrected chi connectivity index (χ1v) is 6.96. The molecule has 0 unspecified atom stereocenters. The number of benzene rings is 1. The van der Waals surface area contributed by atoms with E-state index in [1.807, 2.05) is 37.3 Å². The molecule has 0 aliphatic rings. The summed E-state index contributed by atoms with van der Waals surface area (Å²) in [6.45, 7) is 2.73. The topological polar surface area (TPSA) is 48.0 Å². The molecule has 0 spiro atoms. The van der Waals surface area contributed by atoms with Crippen LogP contribution < -0.4 is 5.73 Å². The van der Waals surface area contributed by atoms with Crippen LogP contribution in [0.2, 0.25) is 0 Å². The number of nitrogens with zero attached hydrogens (tertiary/aromatic N) is 1. The molecule has 2 N–H and O–H groups in total. The maximum atomic E-state index is 11.7. The fourth-order valence-corrected chi connectivity index (χ4v) is 3.20. The number of nitrogens with two attached hydrogens (primary N) is 1. The highest BCUT2D eigenvalue weighted by Gasteiger charge is 2.17. The summed E-state index contributed by atoms with van der Waals surface area (Å²) in [5.41, 5.74) is 8.14. The van der Waals surface area contributed by atoms with Crippen molar-refractivity contribution in [3.8, 4) is 0 Å². The van der Waals surface area contributed by atoms with Crippen LogP contribution in [0.25, 0.3) is 10.9 Å². The van der Waals surface area contributed by atoms with Gasteiger partial charge in [-0.1, -0.05) is 24.3 Å². The normalized spacial score (nSPS) is 11.0. The van der Waals surface area contributed by atoms with Gasteiger partial charge in [0.05, 0.1) is 12.1 Å². The van der Waals surface area contributed by atoms with Crippen molar-refractivity contribution in [1.29, 1.82) is 0 Å². The monoisotopic (exact) mass is 270 g/mol. The number of fused-ring (bicyclic) bond motifs is 1. The van der Waals surface area contributed by atoms with Crippen LogP contribution in [-0.4, -0.2) is 10.5 Å². The second kappa shape index (κ2) is 4.55. The standard InChI is InChI=1S/C15H14N2OS/c1-10-14(15(16)18)12-6-2-3-7-13(12)17(10)9-11-5-4-8-19-11/h2-8H,9H2,1H3,(H2,16,18). The lowest BCUT2D eigenvalue weighted by atomic mass is 10.1. The number of hydrogen-bond donors (Lipinski definition) is 1. The number of rotatable bonds is 3. The van der Waals surface area contributed by atoms with E-state index in [0.717, 1.165) is 23.1 Å². The Labute approximate surface area is 115 Å². The zero-order chi connectivity index (χ0) is 13.4. The van der Waals surface area contributed by atoms with Gasteiger partial charge < -0.3 is 10.3 Å². The van der Waals surface area contributed by atoms with Crippen molar-refractivity contribution in [3.05, 3.63) is 57.9 Å². The zero-order valence-corrected chi connectivity index (χ0v) is 11.4. The van der Waals surface area contributed by atoms with Crippen molar-refractivity contribution < 1.29 is 4.79 Å². The van der Waals surface area contributed by atoms with Crippen molar-refractivity contribution in [2.24, 2.45) is 5.73 Å². The summed E-state index contributed by atoms with van der Waals surface area (Å²) < 4.78 is 2.15. The molecule has 1 aromatic carbocycles. The van der Waals surface area contributed by atoms with E-state index in [1.165, 1.54) is 4.88 Å². The van der Waals surface area contributed by atoms with Gasteiger partial charge in [0, 0.05) is 21.5 Å². The van der Waals surface area contributed by atoms with Crippen molar-refractivity contribution in [3.63, 3.8) is 0 Å². The van der Waals surface area contributed by atoms with E-state index in [2.05, 4.69) is 16.0 Å². The highest BCUT2D eigenvalue weighted by Crippen LogP contribution is 2.27. The molecule has 2 aromatic heterocycles. The molecule has 0 aliphatic carbocycles. The fourth-order valence-electron chi connectivity index (χ4n) is 2.50. The molecule has 19 heavy (non-hydrogen) atoms. The van der Waals surface area contributed by atoms with Crippen LogP contribution in [0.1, 0.15) is 20.9 Å². The van der Waals surface area contributed by atoms with E-state index < -0.39 is 0 Å². The van der Waals surface area contributed by atoms with Gasteiger partial charge in [-0.15, -0.1) is 11.3 Å². The second-order valence-corrected chi connectivity index (χ2v) is 5.54. The smallest absolute Gasteiger partial charge is 0.251 e. The Morgan fingerprint density at radius 1 is 1.26 bits per heavy atom. The summed E-state index contributed by atoms with van der Waals surface area (Å²) in [6, 6.07) is 12.0. The van der Waals surface area contributed by atoms with Crippen LogP contribution in [0.4, 0.5) is 0 Å². The van der Waals surface area contributed by atoms with Gasteiger partial charge in [0.1, 0.15) is 0 Å². The third-order valence-corrected chi connectivity index (χ3v) is 4.23. The lowest BCUT2D eigenvalue weighted by molar-refractivity contribution is 0.100. The van der Waals surface area contributed by atoms with E-state index in [-0.39, 0.29) is 5.91 Å². The van der Waals surface area contributed by atoms with E-state index in [9.17, 15) is 4.79 Å². The number of carbonyl (C=O) groups is 1. The minimum Gasteiger partial charge on any atom is -0.366 e. The fraction of sp³-hybridized carbons (Fsp3) is 0.133. The molecule has 0 radical (unpaired) electrons. The predicted octanol–water partition coefficient (Wildman–Crippen LogP) is 3.16. The SMILES string of the molecule is Cc1c(C(N)=O)c2ccccc2n1Cc1cccs1. The van der Waals surface area contributed by atoms with Gasteiger partial charge in [-0.3, -0.25) is 4.79 Å². The maximum absolute atomic E-state index is 11.7. The van der Waals surface area contributed by atoms with Crippen LogP contribution in [0.15, 0.2) is 41.8 Å². The van der Waals surface area contributed by atoms with Crippen LogP contribution in [-0.2, 0) is 6.54 Å². The van der Waals surface area contributed by atoms with Crippen LogP contribution >= 0.6 is 11.3 Å². The largest absolute Gasteiger partial charge is 0.366 e. The van der Waals surface area contributed by atoms with Gasteiger partial charge in [-0.05, 0) is 24.4 Å². The molecule has 1 amide bonds. The Hall–Kier alpha value is -2.07. The van der Waals surface area contributed by atoms with Gasteiger partial charge in [-0.2, -0.15) is 0 Å². The third-order valence-electron chi connectivity index (χ3n) is 3.37. The molecule has 0 atom stereocenters. The van der Waals surface area contributed by atoms with E-state index in [1.54, 1.807) is 11.3 Å². The Balaban J connectivity index is 2.23. The Morgan fingerprint density at radius 3 is 2.74 bits per heavy atom. The first-order chi connectivity index (χ1) is 9.18. The molecule has 0 bridgehead atoms. The van der Waals surface area contributed by atoms with Gasteiger partial charge in [-0.25, -0.2) is 0 Å². The average molecular weight is 270 g/mol. The first-order valence-electron chi connectivity index (χ1n) is 6.08. The molecule has 0 aliphatic heterocycles. The highest BCUT2D eigenvalue weighted by atomic mass is 32.1. The lowest BCUT2D eigenvalue weighted by Gasteiger charge is -2.06. The van der Waals surface area contributed by atoms with E-state index in [0.29, 0.717) is 5.56 Å². The molecular formula is C15H14N2OS. The molecule has 96 valence electrons. The number of amides is 1. The van der Waals surface area contributed by atoms with Crippen LogP contribution in [0, 0.1) is 6.92 Å². The minimum absolute atomic E-state index is 0.362. The summed E-state index contributed by atoms with van der Waals surface area (Å²) in [5, 5.41) is 3.00. The number of hydrogen-bond acceptors (Lipinski definition) is 2. The van der Waals surface area contributed by atoms with Crippen LogP contribution in [0.5, 0.6) is 0 Å². The highest BCUT2D eigenvalue weighted by molar-refractivity contribution is 7.09. The van der Waals surface area contributed by atoms with Gasteiger partial charge in [0.15, 0.2) is 0 Å². The molecule has 0 fully saturated rings. The Kier molecular flexibility index (Phi) is 2.87. The predicted molar refractivity (Wildman–Crippen MR) is 78.6 cm³/mol. The number of aromatic nitrogens is 1. The Bertz CT molecular complexity index is 741. The number of para-hydroxylation sites is 1. The van der Waals surface area contributed by atoms with E-state index in [4.69, 9.17) is 5.73 Å². The molecule has 3 rings (SSSR count). The first kappa shape index (κ1) is 12.0. The van der Waals surface area contributed by atoms with Crippen molar-refractivity contribution in [2.45, 2.75) is 13.5 Å². The molecule has 3 aromatic rings. The lowest BCUT2D eigenvalue weighted by Crippen LogP contribution is -2.12. The van der Waals surface area contributed by atoms with Gasteiger partial charge in [0.2, 0.25) is 0 Å². The third kappa shape index (κ3) is 1.94. The molecule has 2 heterocycles. The summed E-state index contributed by atoms with van der Waals surface area (Å²) in [7, 11) is 0. The van der Waals surface area contributed by atoms with Gasteiger partial charge >= 0.3 is 0 Å². The quantitative estimate of drug-likeness (QED) is 0.780. The second-order valence-electron chi connectivity index (χ2n) is 4.51. The zero-order valence-electron chi connectivity index (χ0n) is 10.6. The number of carbonyl (C=O) groups excluding carboxylic acids is 1. The van der Waals surface area contributed by atoms with Crippen LogP contribution in [0.3, 0.4) is 0 Å². The van der Waals surface area contributed by atoms with Crippen molar-refractivity contribution >= 4 is 28.1 Å². The van der Waals surface area contributed by atoms with Crippen molar-refractivity contribution in [2.75, 3.05) is 0 Å². The summed E-state index contributed by atoms with van der Waals surface area (Å²) in [6.07, 6.45) is 0. The van der Waals surface area contributed by atoms with Gasteiger partial charge in [0.25, 0.3) is 5.91 Å². The maximum Gasteiger partial charge on any atom is 0.251 e. The Morgan fingerprint density at radius 2 is 2.05 bits per heavy atom. The molecule has 3 nitrogen and oxygen atoms in total. The molecule has 0 saturated heterocycles. The summed E-state index contributed by atoms with van der Waals surface area (Å²) in [4.78, 5) is 12.9. The molecular weight excluding hydrogens is 256 g/mol. The number of primary amides is 1. The summed E-state index contributed by atoms with van der Waals surface area (Å²) >= 11 is 1.72. The summed E-state index contributed by atoms with van der Waals surface area (Å²) in [5.74, 6) is -0.362. The molecule has 4 heteroatoms. The van der Waals surface area contributed by atoms with E-state index >= 15 is 0 Å². The molecule has 0 saturated carbocycles.